The number of carbonyl (C=O) groups is 3. The van der Waals surface area contributed by atoms with E-state index in [1.54, 1.807) is 56.4 Å². The van der Waals surface area contributed by atoms with Crippen LogP contribution in [0.1, 0.15) is 32.9 Å². The molecular formula is C25H32F5N5O5. The third kappa shape index (κ3) is 8.55. The second-order valence-electron chi connectivity index (χ2n) is 10.1. The van der Waals surface area contributed by atoms with E-state index in [1.807, 2.05) is 0 Å². The summed E-state index contributed by atoms with van der Waals surface area (Å²) < 4.78 is 73.2. The second kappa shape index (κ2) is 13.0. The number of amides is 3. The standard InChI is InChI=1S/C25H32F5N5O5/c1-23(2,3)40-22(39)32-15-24(13-26,14-27)12-18(36)33-19-17(10-11-31-21(38)25(28,29)30)34(4)35(20(19)37)16-8-6-5-7-9-16/h5-9H,10-15H2,1-4H3,(H,31,38)(H,32,39)(H,33,36). The predicted molar refractivity (Wildman–Crippen MR) is 136 cm³/mol. The molecule has 0 saturated carbocycles. The summed E-state index contributed by atoms with van der Waals surface area (Å²) in [6.45, 7) is 0.954. The summed E-state index contributed by atoms with van der Waals surface area (Å²) in [5.74, 6) is -3.16. The van der Waals surface area contributed by atoms with E-state index in [2.05, 4.69) is 10.6 Å². The Hall–Kier alpha value is -3.91. The van der Waals surface area contributed by atoms with Gasteiger partial charge >= 0.3 is 18.2 Å². The first kappa shape index (κ1) is 32.3. The minimum absolute atomic E-state index is 0.0441. The number of alkyl carbamates (subject to hydrolysis) is 1. The highest BCUT2D eigenvalue weighted by molar-refractivity contribution is 5.92. The Balaban J connectivity index is 2.32. The van der Waals surface area contributed by atoms with Crippen molar-refractivity contribution in [1.29, 1.82) is 0 Å². The zero-order valence-electron chi connectivity index (χ0n) is 22.5. The van der Waals surface area contributed by atoms with Crippen molar-refractivity contribution < 1.29 is 41.1 Å². The minimum Gasteiger partial charge on any atom is -0.444 e. The number of para-hydroxylation sites is 1. The first-order valence-corrected chi connectivity index (χ1v) is 12.1. The van der Waals surface area contributed by atoms with Gasteiger partial charge in [0.05, 0.1) is 30.1 Å². The average Bonchev–Trinajstić information content (AvgIpc) is 3.09. The Morgan fingerprint density at radius 1 is 0.975 bits per heavy atom. The monoisotopic (exact) mass is 577 g/mol. The number of anilines is 1. The van der Waals surface area contributed by atoms with E-state index in [1.165, 1.54) is 11.7 Å². The second-order valence-corrected chi connectivity index (χ2v) is 10.1. The Labute approximate surface area is 226 Å². The molecule has 0 aliphatic rings. The van der Waals surface area contributed by atoms with Gasteiger partial charge in [-0.25, -0.2) is 9.48 Å². The summed E-state index contributed by atoms with van der Waals surface area (Å²) in [6.07, 6.45) is -7.16. The lowest BCUT2D eigenvalue weighted by atomic mass is 9.86. The molecule has 40 heavy (non-hydrogen) atoms. The molecule has 0 fully saturated rings. The molecule has 10 nitrogen and oxygen atoms in total. The van der Waals surface area contributed by atoms with Crippen molar-refractivity contribution in [1.82, 2.24) is 20.0 Å². The highest BCUT2D eigenvalue weighted by atomic mass is 19.4. The van der Waals surface area contributed by atoms with Gasteiger partial charge in [-0.2, -0.15) is 13.2 Å². The molecule has 1 aromatic carbocycles. The molecule has 0 radical (unpaired) electrons. The third-order valence-electron chi connectivity index (χ3n) is 5.66. The Morgan fingerprint density at radius 2 is 1.57 bits per heavy atom. The number of halogens is 5. The van der Waals surface area contributed by atoms with Gasteiger partial charge < -0.3 is 20.7 Å². The van der Waals surface area contributed by atoms with Gasteiger partial charge in [-0.05, 0) is 32.9 Å². The average molecular weight is 578 g/mol. The smallest absolute Gasteiger partial charge is 0.444 e. The van der Waals surface area contributed by atoms with E-state index in [0.717, 1.165) is 4.68 Å². The quantitative estimate of drug-likeness (QED) is 0.354. The number of nitrogens with zero attached hydrogens (tertiary/aromatic N) is 2. The number of rotatable bonds is 11. The fourth-order valence-corrected chi connectivity index (χ4v) is 3.70. The molecule has 1 heterocycles. The first-order valence-electron chi connectivity index (χ1n) is 12.1. The maximum absolute atomic E-state index is 14.0. The number of aromatic nitrogens is 2. The number of hydrogen-bond donors (Lipinski definition) is 3. The van der Waals surface area contributed by atoms with Crippen LogP contribution in [0.5, 0.6) is 0 Å². The number of nitrogens with one attached hydrogen (secondary N) is 3. The van der Waals surface area contributed by atoms with Crippen molar-refractivity contribution >= 4 is 23.6 Å². The number of alkyl halides is 5. The van der Waals surface area contributed by atoms with Crippen LogP contribution in [0.4, 0.5) is 32.4 Å². The van der Waals surface area contributed by atoms with Crippen LogP contribution < -0.4 is 21.5 Å². The fraction of sp³-hybridized carbons (Fsp3) is 0.520. The van der Waals surface area contributed by atoms with Crippen LogP contribution in [0.3, 0.4) is 0 Å². The van der Waals surface area contributed by atoms with E-state index in [-0.39, 0.29) is 17.8 Å². The van der Waals surface area contributed by atoms with E-state index in [4.69, 9.17) is 4.74 Å². The van der Waals surface area contributed by atoms with Crippen molar-refractivity contribution in [3.05, 3.63) is 46.4 Å². The molecule has 1 aromatic heterocycles. The summed E-state index contributed by atoms with van der Waals surface area (Å²) >= 11 is 0. The highest BCUT2D eigenvalue weighted by Gasteiger charge is 2.38. The van der Waals surface area contributed by atoms with Crippen LogP contribution in [-0.2, 0) is 27.8 Å². The number of ether oxygens (including phenoxy) is 1. The molecule has 0 spiro atoms. The van der Waals surface area contributed by atoms with Crippen LogP contribution >= 0.6 is 0 Å². The van der Waals surface area contributed by atoms with Gasteiger partial charge in [0, 0.05) is 33.0 Å². The van der Waals surface area contributed by atoms with E-state index in [9.17, 15) is 41.1 Å². The number of benzene rings is 1. The van der Waals surface area contributed by atoms with Crippen LogP contribution in [0.2, 0.25) is 0 Å². The van der Waals surface area contributed by atoms with Crippen molar-refractivity contribution in [3.8, 4) is 5.69 Å². The minimum atomic E-state index is -5.12. The Kier molecular flexibility index (Phi) is 10.5. The van der Waals surface area contributed by atoms with E-state index < -0.39 is 73.5 Å². The van der Waals surface area contributed by atoms with Gasteiger partial charge in [-0.3, -0.25) is 27.8 Å². The maximum Gasteiger partial charge on any atom is 0.471 e. The van der Waals surface area contributed by atoms with Crippen LogP contribution in [-0.4, -0.2) is 65.5 Å². The third-order valence-corrected chi connectivity index (χ3v) is 5.66. The molecule has 3 N–H and O–H groups in total. The van der Waals surface area contributed by atoms with Crippen molar-refractivity contribution in [2.75, 3.05) is 31.8 Å². The van der Waals surface area contributed by atoms with Gasteiger partial charge in [-0.15, -0.1) is 0 Å². The zero-order chi connectivity index (χ0) is 30.3. The van der Waals surface area contributed by atoms with Crippen molar-refractivity contribution in [2.24, 2.45) is 12.5 Å². The molecule has 2 aromatic rings. The number of carbonyl (C=O) groups excluding carboxylic acids is 3. The number of hydrogen-bond acceptors (Lipinski definition) is 5. The molecule has 0 unspecified atom stereocenters. The van der Waals surface area contributed by atoms with Gasteiger partial charge in [0.1, 0.15) is 11.3 Å². The zero-order valence-corrected chi connectivity index (χ0v) is 22.5. The lowest BCUT2D eigenvalue weighted by Crippen LogP contribution is -2.44. The van der Waals surface area contributed by atoms with Crippen LogP contribution in [0, 0.1) is 5.41 Å². The van der Waals surface area contributed by atoms with Crippen LogP contribution in [0.25, 0.3) is 5.69 Å². The van der Waals surface area contributed by atoms with Gasteiger partial charge in [-0.1, -0.05) is 18.2 Å². The Bertz CT molecular complexity index is 1250. The molecule has 0 aliphatic heterocycles. The highest BCUT2D eigenvalue weighted by Crippen LogP contribution is 2.25. The molecule has 0 bridgehead atoms. The summed E-state index contributed by atoms with van der Waals surface area (Å²) in [4.78, 5) is 49.4. The van der Waals surface area contributed by atoms with Gasteiger partial charge in [0.15, 0.2) is 0 Å². The predicted octanol–water partition coefficient (Wildman–Crippen LogP) is 3.18. The molecule has 222 valence electrons. The summed E-state index contributed by atoms with van der Waals surface area (Å²) in [5.41, 5.74) is -3.56. The molecule has 2 rings (SSSR count). The van der Waals surface area contributed by atoms with Crippen molar-refractivity contribution in [3.63, 3.8) is 0 Å². The molecule has 0 atom stereocenters. The van der Waals surface area contributed by atoms with Gasteiger partial charge in [0.25, 0.3) is 5.56 Å². The molecule has 3 amide bonds. The topological polar surface area (TPSA) is 123 Å². The van der Waals surface area contributed by atoms with E-state index in [0.29, 0.717) is 5.69 Å². The lowest BCUT2D eigenvalue weighted by Gasteiger charge is -2.28. The van der Waals surface area contributed by atoms with E-state index >= 15 is 0 Å². The van der Waals surface area contributed by atoms with Gasteiger partial charge in [0.2, 0.25) is 5.91 Å². The SMILES string of the molecule is Cn1c(CCNC(=O)C(F)(F)F)c(NC(=O)CC(CF)(CF)CNC(=O)OC(C)(C)C)c(=O)n1-c1ccccc1. The normalized spacial score (nSPS) is 12.1. The Morgan fingerprint density at radius 3 is 2.10 bits per heavy atom. The largest absolute Gasteiger partial charge is 0.471 e. The maximum atomic E-state index is 14.0. The summed E-state index contributed by atoms with van der Waals surface area (Å²) in [7, 11) is 1.42. The first-order chi connectivity index (χ1) is 18.5. The van der Waals surface area contributed by atoms with Crippen molar-refractivity contribution in [2.45, 2.75) is 45.4 Å². The molecule has 15 heteroatoms. The lowest BCUT2D eigenvalue weighted by molar-refractivity contribution is -0.173. The molecule has 0 saturated heterocycles. The molecule has 0 aliphatic carbocycles. The van der Waals surface area contributed by atoms with Crippen LogP contribution in [0.15, 0.2) is 35.1 Å². The summed E-state index contributed by atoms with van der Waals surface area (Å²) in [5, 5.41) is 6.25. The molecular weight excluding hydrogens is 545 g/mol. The summed E-state index contributed by atoms with van der Waals surface area (Å²) in [6, 6.07) is 8.09. The fourth-order valence-electron chi connectivity index (χ4n) is 3.70.